The summed E-state index contributed by atoms with van der Waals surface area (Å²) in [5, 5.41) is 2.98. The van der Waals surface area contributed by atoms with Crippen LogP contribution in [0.3, 0.4) is 0 Å². The van der Waals surface area contributed by atoms with Crippen molar-refractivity contribution in [2.24, 2.45) is 17.1 Å². The summed E-state index contributed by atoms with van der Waals surface area (Å²) in [4.78, 5) is 12.7. The zero-order chi connectivity index (χ0) is 17.9. The molecule has 1 unspecified atom stereocenters. The monoisotopic (exact) mass is 386 g/mol. The Kier molecular flexibility index (Phi) is 7.26. The molecule has 1 aromatic carbocycles. The number of ether oxygens (including phenoxy) is 2. The molecule has 26 heavy (non-hydrogen) atoms. The zero-order valence-electron chi connectivity index (χ0n) is 15.1. The highest BCUT2D eigenvalue weighted by Gasteiger charge is 2.39. The minimum Gasteiger partial charge on any atom is -0.490 e. The molecule has 1 atom stereocenters. The van der Waals surface area contributed by atoms with Gasteiger partial charge in [-0.25, -0.2) is 4.39 Å². The second-order valence-corrected chi connectivity index (χ2v) is 7.24. The summed E-state index contributed by atoms with van der Waals surface area (Å²) < 4.78 is 25.1. The molecule has 2 aliphatic rings. The van der Waals surface area contributed by atoms with E-state index in [9.17, 15) is 9.18 Å². The largest absolute Gasteiger partial charge is 0.490 e. The Balaban J connectivity index is 0.00000243. The van der Waals surface area contributed by atoms with Crippen LogP contribution in [0, 0.1) is 17.2 Å². The molecule has 3 rings (SSSR count). The van der Waals surface area contributed by atoms with E-state index in [4.69, 9.17) is 15.2 Å². The van der Waals surface area contributed by atoms with Crippen molar-refractivity contribution in [1.82, 2.24) is 5.32 Å². The van der Waals surface area contributed by atoms with Crippen molar-refractivity contribution in [2.75, 3.05) is 26.4 Å². The van der Waals surface area contributed by atoms with Gasteiger partial charge in [0, 0.05) is 19.8 Å². The second-order valence-electron chi connectivity index (χ2n) is 7.24. The van der Waals surface area contributed by atoms with E-state index >= 15 is 0 Å². The lowest BCUT2D eigenvalue weighted by Crippen LogP contribution is -2.49. The Hall–Kier alpha value is -1.37. The summed E-state index contributed by atoms with van der Waals surface area (Å²) >= 11 is 0. The number of nitrogens with two attached hydrogens (primary N) is 1. The molecule has 0 radical (unpaired) electrons. The van der Waals surface area contributed by atoms with Crippen LogP contribution in [-0.2, 0) is 9.53 Å². The van der Waals surface area contributed by atoms with Crippen LogP contribution in [0.5, 0.6) is 5.75 Å². The molecule has 1 saturated heterocycles. The minimum atomic E-state index is -0.585. The number of hydrogen-bond donors (Lipinski definition) is 2. The normalized spacial score (nSPS) is 20.0. The highest BCUT2D eigenvalue weighted by Crippen LogP contribution is 2.32. The number of hydrogen-bond acceptors (Lipinski definition) is 4. The van der Waals surface area contributed by atoms with Gasteiger partial charge in [-0.05, 0) is 56.2 Å². The first-order valence-electron chi connectivity index (χ1n) is 9.05. The molecule has 1 aliphatic carbocycles. The van der Waals surface area contributed by atoms with Gasteiger partial charge in [0.1, 0.15) is 0 Å². The standard InChI is InChI=1S/C19H27FN2O3.ClH/c1-13(22-18(23)19(12-21)6-8-24-9-7-19)15-4-5-17(16(20)10-15)25-11-14-2-3-14;/h4-5,10,13-14H,2-3,6-9,11-12,21H2,1H3,(H,22,23);1H. The predicted molar refractivity (Wildman–Crippen MR) is 100.0 cm³/mol. The van der Waals surface area contributed by atoms with Gasteiger partial charge in [-0.1, -0.05) is 6.07 Å². The van der Waals surface area contributed by atoms with Crippen molar-refractivity contribution in [1.29, 1.82) is 0 Å². The third-order valence-electron chi connectivity index (χ3n) is 5.30. The quantitative estimate of drug-likeness (QED) is 0.755. The van der Waals surface area contributed by atoms with E-state index in [1.54, 1.807) is 12.1 Å². The topological polar surface area (TPSA) is 73.6 Å². The number of rotatable bonds is 7. The van der Waals surface area contributed by atoms with Crippen molar-refractivity contribution in [3.63, 3.8) is 0 Å². The van der Waals surface area contributed by atoms with Gasteiger partial charge in [-0.3, -0.25) is 4.79 Å². The van der Waals surface area contributed by atoms with E-state index in [0.29, 0.717) is 44.1 Å². The van der Waals surface area contributed by atoms with Crippen LogP contribution in [0.1, 0.15) is 44.2 Å². The predicted octanol–water partition coefficient (Wildman–Crippen LogP) is 2.97. The zero-order valence-corrected chi connectivity index (χ0v) is 15.9. The summed E-state index contributed by atoms with van der Waals surface area (Å²) in [6.07, 6.45) is 3.56. The van der Waals surface area contributed by atoms with Crippen molar-refractivity contribution in [3.8, 4) is 5.75 Å². The highest BCUT2D eigenvalue weighted by molar-refractivity contribution is 5.85. The first-order chi connectivity index (χ1) is 12.0. The Labute approximate surface area is 160 Å². The van der Waals surface area contributed by atoms with E-state index in [1.807, 2.05) is 6.92 Å². The Morgan fingerprint density at radius 3 is 2.69 bits per heavy atom. The number of benzene rings is 1. The van der Waals surface area contributed by atoms with Crippen molar-refractivity contribution < 1.29 is 18.7 Å². The molecule has 7 heteroatoms. The minimum absolute atomic E-state index is 0. The maximum Gasteiger partial charge on any atom is 0.228 e. The Morgan fingerprint density at radius 2 is 2.12 bits per heavy atom. The van der Waals surface area contributed by atoms with Gasteiger partial charge in [0.15, 0.2) is 11.6 Å². The maximum absolute atomic E-state index is 14.2. The molecule has 5 nitrogen and oxygen atoms in total. The molecular formula is C19H28ClFN2O3. The smallest absolute Gasteiger partial charge is 0.228 e. The number of amides is 1. The Morgan fingerprint density at radius 1 is 1.42 bits per heavy atom. The van der Waals surface area contributed by atoms with E-state index in [1.165, 1.54) is 6.07 Å². The molecule has 1 aliphatic heterocycles. The van der Waals surface area contributed by atoms with Crippen molar-refractivity contribution in [3.05, 3.63) is 29.6 Å². The fraction of sp³-hybridized carbons (Fsp3) is 0.632. The van der Waals surface area contributed by atoms with Gasteiger partial charge in [0.2, 0.25) is 5.91 Å². The van der Waals surface area contributed by atoms with Crippen LogP contribution in [0.15, 0.2) is 18.2 Å². The molecule has 1 aromatic rings. The summed E-state index contributed by atoms with van der Waals surface area (Å²) in [6, 6.07) is 4.58. The average Bonchev–Trinajstić information content (AvgIpc) is 3.45. The molecule has 3 N–H and O–H groups in total. The summed E-state index contributed by atoms with van der Waals surface area (Å²) in [5.74, 6) is 0.375. The molecule has 0 spiro atoms. The van der Waals surface area contributed by atoms with E-state index in [2.05, 4.69) is 5.32 Å². The van der Waals surface area contributed by atoms with E-state index < -0.39 is 5.41 Å². The first kappa shape index (κ1) is 20.9. The number of nitrogens with one attached hydrogen (secondary N) is 1. The number of carbonyl (C=O) groups excluding carboxylic acids is 1. The van der Waals surface area contributed by atoms with Gasteiger partial charge in [0.05, 0.1) is 18.1 Å². The summed E-state index contributed by atoms with van der Waals surface area (Å²) in [6.45, 7) is 3.79. The van der Waals surface area contributed by atoms with Gasteiger partial charge in [0.25, 0.3) is 0 Å². The average molecular weight is 387 g/mol. The van der Waals surface area contributed by atoms with Gasteiger partial charge >= 0.3 is 0 Å². The summed E-state index contributed by atoms with van der Waals surface area (Å²) in [5.41, 5.74) is 5.99. The lowest BCUT2D eigenvalue weighted by Gasteiger charge is -2.35. The number of halogens is 2. The van der Waals surface area contributed by atoms with Crippen LogP contribution in [0.2, 0.25) is 0 Å². The molecule has 0 bridgehead atoms. The molecule has 1 heterocycles. The molecule has 0 aromatic heterocycles. The first-order valence-corrected chi connectivity index (χ1v) is 9.05. The fourth-order valence-electron chi connectivity index (χ4n) is 3.11. The van der Waals surface area contributed by atoms with Crippen LogP contribution in [-0.4, -0.2) is 32.3 Å². The summed E-state index contributed by atoms with van der Waals surface area (Å²) in [7, 11) is 0. The SMILES string of the molecule is CC(NC(=O)C1(CN)CCOCC1)c1ccc(OCC2CC2)c(F)c1.Cl. The molecule has 146 valence electrons. The molecule has 1 amide bonds. The molecule has 2 fully saturated rings. The van der Waals surface area contributed by atoms with E-state index in [-0.39, 0.29) is 42.5 Å². The van der Waals surface area contributed by atoms with Gasteiger partial charge in [-0.15, -0.1) is 12.4 Å². The van der Waals surface area contributed by atoms with Crippen molar-refractivity contribution >= 4 is 18.3 Å². The second kappa shape index (κ2) is 9.02. The third kappa shape index (κ3) is 4.87. The Bertz CT molecular complexity index is 619. The van der Waals surface area contributed by atoms with Crippen LogP contribution in [0.25, 0.3) is 0 Å². The van der Waals surface area contributed by atoms with Gasteiger partial charge in [-0.2, -0.15) is 0 Å². The van der Waals surface area contributed by atoms with Crippen LogP contribution >= 0.6 is 12.4 Å². The van der Waals surface area contributed by atoms with Crippen LogP contribution < -0.4 is 15.8 Å². The molecule has 1 saturated carbocycles. The maximum atomic E-state index is 14.2. The van der Waals surface area contributed by atoms with Crippen LogP contribution in [0.4, 0.5) is 4.39 Å². The fourth-order valence-corrected chi connectivity index (χ4v) is 3.11. The van der Waals surface area contributed by atoms with Gasteiger partial charge < -0.3 is 20.5 Å². The third-order valence-corrected chi connectivity index (χ3v) is 5.30. The highest BCUT2D eigenvalue weighted by atomic mass is 35.5. The van der Waals surface area contributed by atoms with E-state index in [0.717, 1.165) is 12.8 Å². The number of carbonyl (C=O) groups is 1. The molecular weight excluding hydrogens is 359 g/mol. The van der Waals surface area contributed by atoms with Crippen molar-refractivity contribution in [2.45, 2.75) is 38.6 Å². The lowest BCUT2D eigenvalue weighted by atomic mass is 9.79. The lowest BCUT2D eigenvalue weighted by molar-refractivity contribution is -0.136.